The van der Waals surface area contributed by atoms with Crippen LogP contribution in [0.2, 0.25) is 0 Å². The van der Waals surface area contributed by atoms with E-state index in [1.54, 1.807) is 30.0 Å². The minimum atomic E-state index is -0.334. The number of nitrogens with zero attached hydrogens (tertiary/aromatic N) is 3. The average molecular weight is 441 g/mol. The Morgan fingerprint density at radius 3 is 2.38 bits per heavy atom. The number of hydrogen-bond donors (Lipinski definition) is 1. The molecule has 6 rings (SSSR count). The maximum atomic E-state index is 13.5. The first-order valence-electron chi connectivity index (χ1n) is 10.4. The van der Waals surface area contributed by atoms with Crippen LogP contribution in [0.15, 0.2) is 81.7 Å². The van der Waals surface area contributed by atoms with Gasteiger partial charge in [-0.1, -0.05) is 48.5 Å². The van der Waals surface area contributed by atoms with Crippen molar-refractivity contribution in [2.75, 3.05) is 5.32 Å². The third kappa shape index (κ3) is 2.45. The highest BCUT2D eigenvalue weighted by molar-refractivity contribution is 7.10. The van der Waals surface area contributed by atoms with Gasteiger partial charge in [-0.3, -0.25) is 13.9 Å². The van der Waals surface area contributed by atoms with E-state index in [2.05, 4.69) is 22.0 Å². The summed E-state index contributed by atoms with van der Waals surface area (Å²) in [6.07, 6.45) is 0. The van der Waals surface area contributed by atoms with Gasteiger partial charge in [-0.05, 0) is 29.1 Å². The van der Waals surface area contributed by atoms with Crippen molar-refractivity contribution in [1.82, 2.24) is 13.7 Å². The molecular formula is C25H20N4O2S. The molecule has 0 bridgehead atoms. The van der Waals surface area contributed by atoms with Gasteiger partial charge >= 0.3 is 5.69 Å². The molecular weight excluding hydrogens is 420 g/mol. The van der Waals surface area contributed by atoms with E-state index < -0.39 is 0 Å². The number of hydrogen-bond acceptors (Lipinski definition) is 4. The monoisotopic (exact) mass is 440 g/mol. The summed E-state index contributed by atoms with van der Waals surface area (Å²) in [6.45, 7) is 0. The van der Waals surface area contributed by atoms with Crippen LogP contribution in [-0.2, 0) is 14.1 Å². The molecule has 6 nitrogen and oxygen atoms in total. The van der Waals surface area contributed by atoms with Crippen molar-refractivity contribution >= 4 is 27.9 Å². The zero-order valence-corrected chi connectivity index (χ0v) is 18.4. The predicted molar refractivity (Wildman–Crippen MR) is 129 cm³/mol. The first-order chi connectivity index (χ1) is 15.6. The molecule has 2 aromatic carbocycles. The molecule has 1 atom stereocenters. The van der Waals surface area contributed by atoms with Crippen molar-refractivity contribution < 1.29 is 0 Å². The highest BCUT2D eigenvalue weighted by Crippen LogP contribution is 2.45. The Bertz CT molecular complexity index is 1610. The van der Waals surface area contributed by atoms with E-state index in [-0.39, 0.29) is 17.3 Å². The second-order valence-electron chi connectivity index (χ2n) is 7.97. The lowest BCUT2D eigenvalue weighted by atomic mass is 10.1. The number of fused-ring (bicyclic) bond motifs is 5. The zero-order chi connectivity index (χ0) is 22.0. The van der Waals surface area contributed by atoms with E-state index in [0.717, 1.165) is 33.2 Å². The fraction of sp³-hybridized carbons (Fsp3) is 0.120. The van der Waals surface area contributed by atoms with Crippen molar-refractivity contribution in [3.8, 4) is 16.9 Å². The van der Waals surface area contributed by atoms with Crippen molar-refractivity contribution in [2.45, 2.75) is 6.04 Å². The van der Waals surface area contributed by atoms with E-state index in [4.69, 9.17) is 0 Å². The average Bonchev–Trinajstić information content (AvgIpc) is 3.48. The van der Waals surface area contributed by atoms with E-state index in [1.165, 1.54) is 4.57 Å². The molecule has 1 aliphatic rings. The van der Waals surface area contributed by atoms with Crippen molar-refractivity contribution in [2.24, 2.45) is 14.1 Å². The van der Waals surface area contributed by atoms with Gasteiger partial charge < -0.3 is 9.88 Å². The number of benzene rings is 2. The molecule has 0 spiro atoms. The number of para-hydroxylation sites is 2. The van der Waals surface area contributed by atoms with Crippen molar-refractivity contribution in [3.05, 3.63) is 104 Å². The van der Waals surface area contributed by atoms with Gasteiger partial charge in [0.25, 0.3) is 5.56 Å². The van der Waals surface area contributed by atoms with Gasteiger partial charge in [0.1, 0.15) is 6.04 Å². The molecule has 5 aromatic rings. The summed E-state index contributed by atoms with van der Waals surface area (Å²) in [7, 11) is 3.28. The Labute approximate surface area is 187 Å². The van der Waals surface area contributed by atoms with Crippen LogP contribution in [0.1, 0.15) is 16.6 Å². The fourth-order valence-corrected chi connectivity index (χ4v) is 5.54. The van der Waals surface area contributed by atoms with Gasteiger partial charge in [-0.15, -0.1) is 11.3 Å². The second-order valence-corrected chi connectivity index (χ2v) is 8.95. The number of thiophene rings is 1. The number of rotatable bonds is 2. The molecule has 1 N–H and O–H groups in total. The lowest BCUT2D eigenvalue weighted by molar-refractivity contribution is 0.709. The quantitative estimate of drug-likeness (QED) is 0.446. The van der Waals surface area contributed by atoms with E-state index in [0.29, 0.717) is 10.9 Å². The molecule has 3 aromatic heterocycles. The van der Waals surface area contributed by atoms with Crippen LogP contribution < -0.4 is 16.6 Å². The van der Waals surface area contributed by atoms with Crippen molar-refractivity contribution in [1.29, 1.82) is 0 Å². The van der Waals surface area contributed by atoms with Gasteiger partial charge in [0.2, 0.25) is 0 Å². The first kappa shape index (κ1) is 18.9. The SMILES string of the molecule is Cn1c(=O)c2c(-c3ccccc3)n3c(c2n(C)c1=O)[C@@H](c1cccs1)Nc1ccccc1-3. The fourth-order valence-electron chi connectivity index (χ4n) is 4.76. The molecule has 0 aliphatic carbocycles. The predicted octanol–water partition coefficient (Wildman–Crippen LogP) is 4.27. The van der Waals surface area contributed by atoms with Gasteiger partial charge in [0, 0.05) is 19.0 Å². The third-order valence-corrected chi connectivity index (χ3v) is 7.14. The molecule has 0 fully saturated rings. The van der Waals surface area contributed by atoms with E-state index >= 15 is 0 Å². The summed E-state index contributed by atoms with van der Waals surface area (Å²) in [4.78, 5) is 27.6. The molecule has 32 heavy (non-hydrogen) atoms. The molecule has 1 aliphatic heterocycles. The first-order valence-corrected chi connectivity index (χ1v) is 11.2. The molecule has 0 unspecified atom stereocenters. The highest BCUT2D eigenvalue weighted by Gasteiger charge is 2.34. The minimum Gasteiger partial charge on any atom is -0.370 e. The number of aryl methyl sites for hydroxylation is 1. The molecule has 158 valence electrons. The van der Waals surface area contributed by atoms with Crippen LogP contribution in [0.3, 0.4) is 0 Å². The van der Waals surface area contributed by atoms with E-state index in [9.17, 15) is 9.59 Å². The summed E-state index contributed by atoms with van der Waals surface area (Å²) in [6, 6.07) is 21.9. The minimum absolute atomic E-state index is 0.192. The van der Waals surface area contributed by atoms with Crippen LogP contribution in [-0.4, -0.2) is 13.7 Å². The van der Waals surface area contributed by atoms with Crippen LogP contribution >= 0.6 is 11.3 Å². The lowest BCUT2D eigenvalue weighted by Crippen LogP contribution is -2.37. The summed E-state index contributed by atoms with van der Waals surface area (Å²) < 4.78 is 4.96. The Hall–Kier alpha value is -3.84. The summed E-state index contributed by atoms with van der Waals surface area (Å²) >= 11 is 1.65. The smallest absolute Gasteiger partial charge is 0.331 e. The van der Waals surface area contributed by atoms with Crippen molar-refractivity contribution in [3.63, 3.8) is 0 Å². The maximum absolute atomic E-state index is 13.5. The number of anilines is 1. The topological polar surface area (TPSA) is 61.0 Å². The Balaban J connectivity index is 1.90. The number of aromatic nitrogens is 3. The zero-order valence-electron chi connectivity index (χ0n) is 17.6. The third-order valence-electron chi connectivity index (χ3n) is 6.20. The van der Waals surface area contributed by atoms with Gasteiger partial charge in [0.15, 0.2) is 0 Å². The summed E-state index contributed by atoms with van der Waals surface area (Å²) in [5.74, 6) is 0. The van der Waals surface area contributed by atoms with E-state index in [1.807, 2.05) is 60.0 Å². The molecule has 7 heteroatoms. The van der Waals surface area contributed by atoms with Gasteiger partial charge in [-0.25, -0.2) is 4.79 Å². The van der Waals surface area contributed by atoms with Crippen LogP contribution in [0.4, 0.5) is 5.69 Å². The molecule has 4 heterocycles. The summed E-state index contributed by atoms with van der Waals surface area (Å²) in [5, 5.41) is 6.26. The second kappa shape index (κ2) is 6.83. The van der Waals surface area contributed by atoms with Crippen LogP contribution in [0.5, 0.6) is 0 Å². The summed E-state index contributed by atoms with van der Waals surface area (Å²) in [5.41, 5.74) is 4.63. The normalized spacial score (nSPS) is 14.8. The van der Waals surface area contributed by atoms with Crippen LogP contribution in [0.25, 0.3) is 27.8 Å². The largest absolute Gasteiger partial charge is 0.370 e. The van der Waals surface area contributed by atoms with Crippen LogP contribution in [0, 0.1) is 0 Å². The maximum Gasteiger partial charge on any atom is 0.331 e. The Morgan fingerprint density at radius 2 is 1.62 bits per heavy atom. The molecule has 0 amide bonds. The lowest BCUT2D eigenvalue weighted by Gasteiger charge is -2.30. The molecule has 0 saturated heterocycles. The van der Waals surface area contributed by atoms with Gasteiger partial charge in [0.05, 0.1) is 33.7 Å². The Kier molecular flexibility index (Phi) is 4.03. The van der Waals surface area contributed by atoms with Gasteiger partial charge in [-0.2, -0.15) is 0 Å². The molecule has 0 saturated carbocycles. The highest BCUT2D eigenvalue weighted by atomic mass is 32.1. The number of nitrogens with one attached hydrogen (secondary N) is 1. The standard InChI is InChI=1S/C25H20N4O2S/c1-27-22-19(24(30)28(2)25(27)31)21(15-9-4-3-5-10-15)29-17-12-7-6-11-16(17)26-20(23(22)29)18-13-8-14-32-18/h3-14,20,26H,1-2H3/t20-/m1/s1. The molecule has 0 radical (unpaired) electrons. The Morgan fingerprint density at radius 1 is 0.875 bits per heavy atom.